The summed E-state index contributed by atoms with van der Waals surface area (Å²) in [6.45, 7) is 1.84. The molecule has 4 amide bonds. The van der Waals surface area contributed by atoms with Gasteiger partial charge < -0.3 is 15.3 Å². The Bertz CT molecular complexity index is 981. The van der Waals surface area contributed by atoms with Crippen LogP contribution in [0.15, 0.2) is 42.5 Å². The predicted octanol–water partition coefficient (Wildman–Crippen LogP) is 3.40. The smallest absolute Gasteiger partial charge is 0.317 e. The fourth-order valence-corrected chi connectivity index (χ4v) is 3.57. The number of carbonyl (C=O) groups is 3. The van der Waals surface area contributed by atoms with Crippen LogP contribution in [0.5, 0.6) is 0 Å². The molecule has 2 aromatic rings. The molecule has 0 spiro atoms. The van der Waals surface area contributed by atoms with Crippen LogP contribution in [0, 0.1) is 5.82 Å². The molecule has 31 heavy (non-hydrogen) atoms. The zero-order valence-electron chi connectivity index (χ0n) is 17.1. The van der Waals surface area contributed by atoms with Crippen molar-refractivity contribution in [3.05, 3.63) is 70.0 Å². The molecule has 164 valence electrons. The van der Waals surface area contributed by atoms with Crippen molar-refractivity contribution in [2.24, 2.45) is 0 Å². The maximum atomic E-state index is 13.5. The van der Waals surface area contributed by atoms with Crippen molar-refractivity contribution in [2.75, 3.05) is 7.05 Å². The molecule has 2 atom stereocenters. The van der Waals surface area contributed by atoms with Gasteiger partial charge in [-0.15, -0.1) is 0 Å². The summed E-state index contributed by atoms with van der Waals surface area (Å²) in [5.74, 6) is -1.62. The molecule has 1 aliphatic rings. The molecule has 0 saturated carbocycles. The lowest BCUT2D eigenvalue weighted by atomic mass is 10.1. The van der Waals surface area contributed by atoms with Gasteiger partial charge in [0.15, 0.2) is 0 Å². The number of hydrogen-bond donors (Lipinski definition) is 2. The van der Waals surface area contributed by atoms with E-state index in [0.717, 1.165) is 4.90 Å². The number of carbonyl (C=O) groups excluding carboxylic acids is 3. The van der Waals surface area contributed by atoms with Crippen molar-refractivity contribution in [3.63, 3.8) is 0 Å². The predicted molar refractivity (Wildman–Crippen MR) is 113 cm³/mol. The summed E-state index contributed by atoms with van der Waals surface area (Å²) in [6, 6.07) is 10.1. The van der Waals surface area contributed by atoms with E-state index < -0.39 is 29.9 Å². The SMILES string of the molecule is CC(CCC(O)N1C(=O)c2ccccc2C1=O)N(C)C(=O)NCc1cccc(F)c1Cl. The molecule has 2 N–H and O–H groups in total. The highest BCUT2D eigenvalue weighted by Gasteiger charge is 2.39. The number of benzene rings is 2. The van der Waals surface area contributed by atoms with Gasteiger partial charge in [-0.2, -0.15) is 0 Å². The van der Waals surface area contributed by atoms with Gasteiger partial charge >= 0.3 is 6.03 Å². The van der Waals surface area contributed by atoms with E-state index in [4.69, 9.17) is 11.6 Å². The van der Waals surface area contributed by atoms with Gasteiger partial charge in [0.05, 0.1) is 16.1 Å². The first-order valence-electron chi connectivity index (χ1n) is 9.81. The van der Waals surface area contributed by atoms with Gasteiger partial charge in [-0.25, -0.2) is 14.1 Å². The summed E-state index contributed by atoms with van der Waals surface area (Å²) in [5.41, 5.74) is 0.997. The Hall–Kier alpha value is -2.97. The average Bonchev–Trinajstić information content (AvgIpc) is 3.02. The minimum atomic E-state index is -1.29. The number of nitrogens with zero attached hydrogens (tertiary/aromatic N) is 2. The number of urea groups is 1. The highest BCUT2D eigenvalue weighted by Crippen LogP contribution is 2.25. The van der Waals surface area contributed by atoms with Crippen LogP contribution in [0.2, 0.25) is 5.02 Å². The third kappa shape index (κ3) is 4.70. The minimum absolute atomic E-state index is 0.0393. The van der Waals surface area contributed by atoms with E-state index >= 15 is 0 Å². The van der Waals surface area contributed by atoms with Gasteiger partial charge in [-0.05, 0) is 43.5 Å². The molecule has 0 aromatic heterocycles. The molecule has 2 unspecified atom stereocenters. The second-order valence-electron chi connectivity index (χ2n) is 7.42. The Morgan fingerprint density at radius 1 is 1.13 bits per heavy atom. The van der Waals surface area contributed by atoms with Crippen LogP contribution in [-0.2, 0) is 6.54 Å². The topological polar surface area (TPSA) is 90.0 Å². The lowest BCUT2D eigenvalue weighted by molar-refractivity contribution is 0.00775. The largest absolute Gasteiger partial charge is 0.373 e. The van der Waals surface area contributed by atoms with Gasteiger partial charge in [0.1, 0.15) is 12.0 Å². The molecule has 1 heterocycles. The van der Waals surface area contributed by atoms with Gasteiger partial charge in [0, 0.05) is 19.6 Å². The highest BCUT2D eigenvalue weighted by atomic mass is 35.5. The van der Waals surface area contributed by atoms with Gasteiger partial charge in [0.25, 0.3) is 11.8 Å². The van der Waals surface area contributed by atoms with E-state index in [0.29, 0.717) is 12.0 Å². The first-order chi connectivity index (χ1) is 14.7. The van der Waals surface area contributed by atoms with E-state index in [-0.39, 0.29) is 35.2 Å². The molecule has 0 aliphatic carbocycles. The Kier molecular flexibility index (Phi) is 6.92. The molecule has 9 heteroatoms. The summed E-state index contributed by atoms with van der Waals surface area (Å²) in [4.78, 5) is 39.6. The van der Waals surface area contributed by atoms with Crippen LogP contribution in [0.1, 0.15) is 46.0 Å². The van der Waals surface area contributed by atoms with E-state index in [9.17, 15) is 23.9 Å². The second kappa shape index (κ2) is 9.45. The molecule has 0 radical (unpaired) electrons. The number of aliphatic hydroxyl groups excluding tert-OH is 1. The number of imide groups is 1. The van der Waals surface area contributed by atoms with E-state index in [1.807, 2.05) is 0 Å². The normalized spacial score (nSPS) is 14.9. The molecule has 2 aromatic carbocycles. The maximum Gasteiger partial charge on any atom is 0.317 e. The summed E-state index contributed by atoms with van der Waals surface area (Å²) < 4.78 is 13.5. The molecule has 7 nitrogen and oxygen atoms in total. The summed E-state index contributed by atoms with van der Waals surface area (Å²) in [6.07, 6.45) is -0.837. The van der Waals surface area contributed by atoms with Crippen LogP contribution in [0.4, 0.5) is 9.18 Å². The quantitative estimate of drug-likeness (QED) is 0.636. The van der Waals surface area contributed by atoms with E-state index in [1.165, 1.54) is 17.0 Å². The van der Waals surface area contributed by atoms with Gasteiger partial charge in [-0.3, -0.25) is 9.59 Å². The highest BCUT2D eigenvalue weighted by molar-refractivity contribution is 6.31. The Labute approximate surface area is 184 Å². The molecule has 0 fully saturated rings. The van der Waals surface area contributed by atoms with Crippen molar-refractivity contribution in [3.8, 4) is 0 Å². The summed E-state index contributed by atoms with van der Waals surface area (Å²) in [7, 11) is 1.58. The lowest BCUT2D eigenvalue weighted by Gasteiger charge is -2.28. The van der Waals surface area contributed by atoms with Crippen molar-refractivity contribution in [1.82, 2.24) is 15.1 Å². The molecule has 3 rings (SSSR count). The number of rotatable bonds is 7. The van der Waals surface area contributed by atoms with Crippen LogP contribution >= 0.6 is 11.6 Å². The van der Waals surface area contributed by atoms with Gasteiger partial charge in [-0.1, -0.05) is 35.9 Å². The zero-order valence-corrected chi connectivity index (χ0v) is 17.9. The number of fused-ring (bicyclic) bond motifs is 1. The van der Waals surface area contributed by atoms with Crippen molar-refractivity contribution in [1.29, 1.82) is 0 Å². The van der Waals surface area contributed by atoms with Crippen LogP contribution in [0.25, 0.3) is 0 Å². The third-order valence-corrected chi connectivity index (χ3v) is 5.83. The Morgan fingerprint density at radius 2 is 1.74 bits per heavy atom. The van der Waals surface area contributed by atoms with Crippen molar-refractivity contribution < 1.29 is 23.9 Å². The molecular weight excluding hydrogens is 425 g/mol. The fraction of sp³-hybridized carbons (Fsp3) is 0.318. The molecule has 0 saturated heterocycles. The second-order valence-corrected chi connectivity index (χ2v) is 7.79. The number of hydrogen-bond acceptors (Lipinski definition) is 4. The number of aliphatic hydroxyl groups is 1. The lowest BCUT2D eigenvalue weighted by Crippen LogP contribution is -2.44. The fourth-order valence-electron chi connectivity index (χ4n) is 3.37. The average molecular weight is 448 g/mol. The molecule has 0 bridgehead atoms. The van der Waals surface area contributed by atoms with Gasteiger partial charge in [0.2, 0.25) is 0 Å². The van der Waals surface area contributed by atoms with Crippen LogP contribution in [-0.4, -0.2) is 52.1 Å². The molecular formula is C22H23ClFN3O4. The third-order valence-electron chi connectivity index (χ3n) is 5.41. The Balaban J connectivity index is 1.52. The van der Waals surface area contributed by atoms with Crippen LogP contribution < -0.4 is 5.32 Å². The van der Waals surface area contributed by atoms with E-state index in [2.05, 4.69) is 5.32 Å². The summed E-state index contributed by atoms with van der Waals surface area (Å²) in [5, 5.41) is 13.1. The number of nitrogens with one attached hydrogen (secondary N) is 1. The zero-order chi connectivity index (χ0) is 22.7. The van der Waals surface area contributed by atoms with Crippen molar-refractivity contribution >= 4 is 29.4 Å². The first-order valence-corrected chi connectivity index (χ1v) is 10.2. The Morgan fingerprint density at radius 3 is 2.35 bits per heavy atom. The monoisotopic (exact) mass is 447 g/mol. The number of amides is 4. The first kappa shape index (κ1) is 22.7. The van der Waals surface area contributed by atoms with E-state index in [1.54, 1.807) is 44.3 Å². The maximum absolute atomic E-state index is 13.5. The summed E-state index contributed by atoms with van der Waals surface area (Å²) >= 11 is 5.90. The molecule has 1 aliphatic heterocycles. The number of halogens is 2. The van der Waals surface area contributed by atoms with Crippen LogP contribution in [0.3, 0.4) is 0 Å². The minimum Gasteiger partial charge on any atom is -0.373 e. The standard InChI is InChI=1S/C22H23ClFN3O4/c1-13(26(2)22(31)25-12-14-6-5-9-17(24)19(14)23)10-11-18(28)27-20(29)15-7-3-4-8-16(15)21(27)30/h3-9,13,18,28H,10-12H2,1-2H3,(H,25,31). The van der Waals surface area contributed by atoms with Crippen molar-refractivity contribution in [2.45, 2.75) is 38.6 Å².